The second kappa shape index (κ2) is 10.8. The Hall–Kier alpha value is -2.78. The number of thiazole rings is 1. The molecule has 2 N–H and O–H groups in total. The fourth-order valence-corrected chi connectivity index (χ4v) is 4.18. The number of esters is 1. The first-order chi connectivity index (χ1) is 14.6. The molecule has 1 aliphatic heterocycles. The van der Waals surface area contributed by atoms with Crippen LogP contribution in [-0.4, -0.2) is 67.0 Å². The Kier molecular flexibility index (Phi) is 7.92. The number of amides is 2. The van der Waals surface area contributed by atoms with Crippen LogP contribution in [0.15, 0.2) is 30.3 Å². The van der Waals surface area contributed by atoms with Crippen molar-refractivity contribution in [3.05, 3.63) is 40.9 Å². The van der Waals surface area contributed by atoms with Crippen molar-refractivity contribution in [2.45, 2.75) is 19.8 Å². The smallest absolute Gasteiger partial charge is 0.306 e. The molecule has 2 amide bonds. The van der Waals surface area contributed by atoms with E-state index >= 15 is 0 Å². The van der Waals surface area contributed by atoms with Crippen LogP contribution in [0.4, 0.5) is 0 Å². The number of aryl methyl sites for hydroxylation is 1. The van der Waals surface area contributed by atoms with Crippen molar-refractivity contribution in [3.63, 3.8) is 0 Å². The molecule has 160 valence electrons. The number of rotatable bonds is 8. The molecule has 8 nitrogen and oxygen atoms in total. The number of nitrogens with zero attached hydrogens (tertiary/aromatic N) is 2. The van der Waals surface area contributed by atoms with Crippen molar-refractivity contribution in [2.75, 3.05) is 39.3 Å². The van der Waals surface area contributed by atoms with Crippen LogP contribution in [0.2, 0.25) is 0 Å². The molecule has 0 aliphatic carbocycles. The normalized spacial score (nSPS) is 13.7. The van der Waals surface area contributed by atoms with Crippen LogP contribution in [0, 0.1) is 0 Å². The molecule has 1 aromatic heterocycles. The van der Waals surface area contributed by atoms with Crippen molar-refractivity contribution in [2.24, 2.45) is 0 Å². The molecule has 0 unspecified atom stereocenters. The predicted molar refractivity (Wildman–Crippen MR) is 114 cm³/mol. The number of carbonyl (C=O) groups excluding carboxylic acids is 3. The van der Waals surface area contributed by atoms with E-state index in [2.05, 4.69) is 15.6 Å². The zero-order chi connectivity index (χ0) is 21.3. The van der Waals surface area contributed by atoms with Gasteiger partial charge in [0.05, 0.1) is 19.6 Å². The van der Waals surface area contributed by atoms with Gasteiger partial charge >= 0.3 is 5.97 Å². The van der Waals surface area contributed by atoms with Gasteiger partial charge in [0, 0.05) is 36.6 Å². The number of hydrogen-bond acceptors (Lipinski definition) is 7. The van der Waals surface area contributed by atoms with E-state index in [1.54, 1.807) is 11.8 Å². The largest absolute Gasteiger partial charge is 0.466 e. The average molecular weight is 431 g/mol. The minimum absolute atomic E-state index is 0.0751. The molecule has 0 bridgehead atoms. The topological polar surface area (TPSA) is 101 Å². The summed E-state index contributed by atoms with van der Waals surface area (Å²) in [5.41, 5.74) is 1.16. The maximum Gasteiger partial charge on any atom is 0.306 e. The highest BCUT2D eigenvalue weighted by atomic mass is 32.1. The molecule has 0 spiro atoms. The maximum atomic E-state index is 12.8. The van der Waals surface area contributed by atoms with Gasteiger partial charge in [-0.25, -0.2) is 4.98 Å². The molecule has 2 heterocycles. The summed E-state index contributed by atoms with van der Waals surface area (Å²) in [6, 6.07) is 9.56. The molecule has 2 aromatic rings. The number of carbonyl (C=O) groups is 3. The molecule has 9 heteroatoms. The summed E-state index contributed by atoms with van der Waals surface area (Å²) >= 11 is 1.38. The van der Waals surface area contributed by atoms with Gasteiger partial charge in [-0.15, -0.1) is 11.3 Å². The lowest BCUT2D eigenvalue weighted by Crippen LogP contribution is -2.49. The Morgan fingerprint density at radius 3 is 2.63 bits per heavy atom. The molecule has 1 saturated heterocycles. The monoisotopic (exact) mass is 430 g/mol. The van der Waals surface area contributed by atoms with Crippen molar-refractivity contribution in [3.8, 4) is 10.6 Å². The summed E-state index contributed by atoms with van der Waals surface area (Å²) in [4.78, 5) is 43.9. The quantitative estimate of drug-likeness (QED) is 0.615. The van der Waals surface area contributed by atoms with Crippen LogP contribution in [-0.2, 0) is 20.7 Å². The number of ether oxygens (including phenoxy) is 1. The predicted octanol–water partition coefficient (Wildman–Crippen LogP) is 1.47. The molecular formula is C21H26N4O4S. The fraction of sp³-hybridized carbons (Fsp3) is 0.429. The zero-order valence-corrected chi connectivity index (χ0v) is 17.8. The lowest BCUT2D eigenvalue weighted by atomic mass is 10.2. The lowest BCUT2D eigenvalue weighted by Gasteiger charge is -2.27. The van der Waals surface area contributed by atoms with E-state index in [1.165, 1.54) is 11.3 Å². The van der Waals surface area contributed by atoms with E-state index in [4.69, 9.17) is 4.74 Å². The van der Waals surface area contributed by atoms with Crippen molar-refractivity contribution in [1.82, 2.24) is 20.5 Å². The van der Waals surface area contributed by atoms with Crippen molar-refractivity contribution in [1.29, 1.82) is 0 Å². The SMILES string of the molecule is CCOC(=O)CCc1sc(-c2ccccc2)nc1C(=O)NCC(=O)N1CCNCC1. The Morgan fingerprint density at radius 1 is 1.20 bits per heavy atom. The number of aromatic nitrogens is 1. The number of hydrogen-bond donors (Lipinski definition) is 2. The molecule has 1 aliphatic rings. The molecule has 3 rings (SSSR count). The third-order valence-electron chi connectivity index (χ3n) is 4.66. The summed E-state index contributed by atoms with van der Waals surface area (Å²) < 4.78 is 4.99. The highest BCUT2D eigenvalue weighted by Crippen LogP contribution is 2.29. The number of benzene rings is 1. The fourth-order valence-electron chi connectivity index (χ4n) is 3.12. The van der Waals surface area contributed by atoms with Gasteiger partial charge in [-0.05, 0) is 13.3 Å². The van der Waals surface area contributed by atoms with Crippen LogP contribution in [0.1, 0.15) is 28.7 Å². The van der Waals surface area contributed by atoms with Gasteiger partial charge in [-0.3, -0.25) is 14.4 Å². The maximum absolute atomic E-state index is 12.8. The highest BCUT2D eigenvalue weighted by molar-refractivity contribution is 7.15. The standard InChI is InChI=1S/C21H26N4O4S/c1-2-29-18(27)9-8-16-19(24-21(30-16)15-6-4-3-5-7-15)20(28)23-14-17(26)25-12-10-22-11-13-25/h3-7,22H,2,8-14H2,1H3,(H,23,28). The molecular weight excluding hydrogens is 404 g/mol. The van der Waals surface area contributed by atoms with Crippen molar-refractivity contribution < 1.29 is 19.1 Å². The first-order valence-electron chi connectivity index (χ1n) is 10.1. The van der Waals surface area contributed by atoms with Crippen LogP contribution >= 0.6 is 11.3 Å². The Labute approximate surface area is 179 Å². The molecule has 0 atom stereocenters. The Morgan fingerprint density at radius 2 is 1.93 bits per heavy atom. The summed E-state index contributed by atoms with van der Waals surface area (Å²) in [6.45, 7) is 4.77. The van der Waals surface area contributed by atoms with Crippen LogP contribution in [0.25, 0.3) is 10.6 Å². The number of piperazine rings is 1. The van der Waals surface area contributed by atoms with E-state index in [0.717, 1.165) is 18.7 Å². The lowest BCUT2D eigenvalue weighted by molar-refractivity contribution is -0.143. The molecule has 0 radical (unpaired) electrons. The van der Waals surface area contributed by atoms with E-state index < -0.39 is 5.91 Å². The first kappa shape index (κ1) is 21.9. The van der Waals surface area contributed by atoms with Gasteiger partial charge in [0.25, 0.3) is 5.91 Å². The van der Waals surface area contributed by atoms with Gasteiger partial charge in [0.2, 0.25) is 5.91 Å². The third kappa shape index (κ3) is 5.87. The van der Waals surface area contributed by atoms with E-state index in [9.17, 15) is 14.4 Å². The summed E-state index contributed by atoms with van der Waals surface area (Å²) in [5, 5.41) is 6.58. The van der Waals surface area contributed by atoms with Crippen LogP contribution < -0.4 is 10.6 Å². The van der Waals surface area contributed by atoms with Gasteiger partial charge in [-0.1, -0.05) is 30.3 Å². The third-order valence-corrected chi connectivity index (χ3v) is 5.83. The van der Waals surface area contributed by atoms with Gasteiger partial charge in [0.1, 0.15) is 10.7 Å². The van der Waals surface area contributed by atoms with Crippen LogP contribution in [0.5, 0.6) is 0 Å². The van der Waals surface area contributed by atoms with Gasteiger partial charge < -0.3 is 20.3 Å². The molecule has 1 aromatic carbocycles. The second-order valence-corrected chi connectivity index (χ2v) is 7.86. The minimum Gasteiger partial charge on any atom is -0.466 e. The summed E-state index contributed by atoms with van der Waals surface area (Å²) in [6.07, 6.45) is 0.530. The molecule has 1 fully saturated rings. The first-order valence-corrected chi connectivity index (χ1v) is 10.9. The van der Waals surface area contributed by atoms with Gasteiger partial charge in [-0.2, -0.15) is 0 Å². The minimum atomic E-state index is -0.407. The van der Waals surface area contributed by atoms with E-state index in [0.29, 0.717) is 36.0 Å². The highest BCUT2D eigenvalue weighted by Gasteiger charge is 2.22. The van der Waals surface area contributed by atoms with Crippen LogP contribution in [0.3, 0.4) is 0 Å². The summed E-state index contributed by atoms with van der Waals surface area (Å²) in [5.74, 6) is -0.834. The molecule has 30 heavy (non-hydrogen) atoms. The van der Waals surface area contributed by atoms with E-state index in [-0.39, 0.29) is 30.5 Å². The molecule has 0 saturated carbocycles. The Balaban J connectivity index is 1.71. The average Bonchev–Trinajstić information content (AvgIpc) is 3.22. The van der Waals surface area contributed by atoms with E-state index in [1.807, 2.05) is 30.3 Å². The van der Waals surface area contributed by atoms with Gasteiger partial charge in [0.15, 0.2) is 0 Å². The Bertz CT molecular complexity index is 878. The number of nitrogens with one attached hydrogen (secondary N) is 2. The second-order valence-electron chi connectivity index (χ2n) is 6.78. The summed E-state index contributed by atoms with van der Waals surface area (Å²) in [7, 11) is 0. The van der Waals surface area contributed by atoms with Crippen molar-refractivity contribution >= 4 is 29.1 Å². The zero-order valence-electron chi connectivity index (χ0n) is 17.0.